The van der Waals surface area contributed by atoms with Gasteiger partial charge < -0.3 is 15.2 Å². The van der Waals surface area contributed by atoms with Gasteiger partial charge in [-0.3, -0.25) is 4.79 Å². The molecule has 5 heteroatoms. The van der Waals surface area contributed by atoms with E-state index >= 15 is 0 Å². The van der Waals surface area contributed by atoms with E-state index in [1.807, 2.05) is 42.6 Å². The highest BCUT2D eigenvalue weighted by Crippen LogP contribution is 2.19. The van der Waals surface area contributed by atoms with E-state index in [0.29, 0.717) is 12.2 Å². The van der Waals surface area contributed by atoms with Crippen molar-refractivity contribution in [2.24, 2.45) is 0 Å². The first-order valence-electron chi connectivity index (χ1n) is 8.27. The van der Waals surface area contributed by atoms with Crippen LogP contribution in [0.3, 0.4) is 0 Å². The van der Waals surface area contributed by atoms with Gasteiger partial charge in [0.15, 0.2) is 0 Å². The monoisotopic (exact) mass is 322 g/mol. The molecule has 3 aromatic rings. The van der Waals surface area contributed by atoms with Gasteiger partial charge >= 0.3 is 0 Å². The topological polar surface area (TPSA) is 61.0 Å². The first-order valence-corrected chi connectivity index (χ1v) is 8.27. The summed E-state index contributed by atoms with van der Waals surface area (Å²) in [6, 6.07) is 11.8. The molecular formula is C19H22N4O. The van der Waals surface area contributed by atoms with Crippen molar-refractivity contribution in [1.82, 2.24) is 9.97 Å². The fraction of sp³-hybridized carbons (Fsp3) is 0.263. The Morgan fingerprint density at radius 3 is 2.67 bits per heavy atom. The lowest BCUT2D eigenvalue weighted by atomic mass is 10.1. The summed E-state index contributed by atoms with van der Waals surface area (Å²) in [6.07, 6.45) is 4.01. The number of aromatic nitrogens is 2. The van der Waals surface area contributed by atoms with Crippen LogP contribution in [0.5, 0.6) is 0 Å². The highest BCUT2D eigenvalue weighted by atomic mass is 16.1. The predicted molar refractivity (Wildman–Crippen MR) is 98.4 cm³/mol. The van der Waals surface area contributed by atoms with Crippen LogP contribution in [-0.4, -0.2) is 29.0 Å². The Balaban J connectivity index is 1.66. The molecule has 1 aromatic carbocycles. The molecule has 0 fully saturated rings. The number of carbonyl (C=O) groups excluding carboxylic acids is 1. The number of H-pyrrole nitrogens is 1. The molecular weight excluding hydrogens is 300 g/mol. The van der Waals surface area contributed by atoms with E-state index < -0.39 is 0 Å². The molecule has 124 valence electrons. The van der Waals surface area contributed by atoms with Gasteiger partial charge in [-0.2, -0.15) is 0 Å². The summed E-state index contributed by atoms with van der Waals surface area (Å²) in [4.78, 5) is 22.0. The van der Waals surface area contributed by atoms with Crippen LogP contribution < -0.4 is 10.2 Å². The normalized spacial score (nSPS) is 10.8. The van der Waals surface area contributed by atoms with E-state index in [1.165, 1.54) is 0 Å². The number of benzene rings is 1. The molecule has 5 nitrogen and oxygen atoms in total. The van der Waals surface area contributed by atoms with Gasteiger partial charge in [0.1, 0.15) is 5.82 Å². The Morgan fingerprint density at radius 2 is 1.96 bits per heavy atom. The molecule has 3 rings (SSSR count). The third kappa shape index (κ3) is 3.40. The Kier molecular flexibility index (Phi) is 4.79. The van der Waals surface area contributed by atoms with Gasteiger partial charge in [-0.25, -0.2) is 4.98 Å². The van der Waals surface area contributed by atoms with E-state index in [0.717, 1.165) is 35.2 Å². The van der Waals surface area contributed by atoms with Crippen LogP contribution in [0.4, 0.5) is 11.5 Å². The number of fused-ring (bicyclic) bond motifs is 1. The van der Waals surface area contributed by atoms with Crippen molar-refractivity contribution in [2.75, 3.05) is 23.3 Å². The average Bonchev–Trinajstić information content (AvgIpc) is 3.00. The number of para-hydroxylation sites is 1. The smallest absolute Gasteiger partial charge is 0.230 e. The number of aromatic amines is 1. The number of hydrogen-bond acceptors (Lipinski definition) is 3. The Morgan fingerprint density at radius 1 is 1.17 bits per heavy atom. The van der Waals surface area contributed by atoms with Crippen molar-refractivity contribution in [2.45, 2.75) is 20.3 Å². The maximum absolute atomic E-state index is 12.3. The zero-order valence-corrected chi connectivity index (χ0v) is 14.0. The van der Waals surface area contributed by atoms with Gasteiger partial charge in [-0.1, -0.05) is 18.2 Å². The largest absolute Gasteiger partial charge is 0.371 e. The SMILES string of the molecule is CCN(CC)c1ccc(NC(=O)Cc2c[nH]c3ccccc23)nc1. The molecule has 0 radical (unpaired) electrons. The Labute approximate surface area is 141 Å². The number of amides is 1. The average molecular weight is 322 g/mol. The predicted octanol–water partition coefficient (Wildman–Crippen LogP) is 3.59. The zero-order chi connectivity index (χ0) is 16.9. The highest BCUT2D eigenvalue weighted by Gasteiger charge is 2.10. The molecule has 0 unspecified atom stereocenters. The Hall–Kier alpha value is -2.82. The number of anilines is 2. The number of pyridine rings is 1. The minimum absolute atomic E-state index is 0.0668. The zero-order valence-electron chi connectivity index (χ0n) is 14.0. The van der Waals surface area contributed by atoms with Crippen LogP contribution in [0.25, 0.3) is 10.9 Å². The lowest BCUT2D eigenvalue weighted by Crippen LogP contribution is -2.22. The van der Waals surface area contributed by atoms with Gasteiger partial charge in [0.05, 0.1) is 18.3 Å². The molecule has 2 N–H and O–H groups in total. The fourth-order valence-corrected chi connectivity index (χ4v) is 2.87. The molecule has 0 spiro atoms. The molecule has 0 saturated heterocycles. The fourth-order valence-electron chi connectivity index (χ4n) is 2.87. The summed E-state index contributed by atoms with van der Waals surface area (Å²) in [5.41, 5.74) is 3.10. The van der Waals surface area contributed by atoms with Crippen LogP contribution in [0.15, 0.2) is 48.8 Å². The summed E-state index contributed by atoms with van der Waals surface area (Å²) in [5, 5.41) is 3.95. The van der Waals surface area contributed by atoms with Crippen LogP contribution in [0.1, 0.15) is 19.4 Å². The molecule has 0 aliphatic heterocycles. The Bertz CT molecular complexity index is 819. The van der Waals surface area contributed by atoms with Crippen molar-refractivity contribution >= 4 is 28.3 Å². The van der Waals surface area contributed by atoms with Gasteiger partial charge in [-0.05, 0) is 37.6 Å². The van der Waals surface area contributed by atoms with Crippen molar-refractivity contribution in [3.63, 3.8) is 0 Å². The summed E-state index contributed by atoms with van der Waals surface area (Å²) in [6.45, 7) is 6.09. The standard InChI is InChI=1S/C19H22N4O/c1-3-23(4-2)15-9-10-18(21-13-15)22-19(24)11-14-12-20-17-8-6-5-7-16(14)17/h5-10,12-13,20H,3-4,11H2,1-2H3,(H,21,22,24). The number of nitrogens with one attached hydrogen (secondary N) is 2. The van der Waals surface area contributed by atoms with E-state index in [4.69, 9.17) is 0 Å². The molecule has 0 aliphatic carbocycles. The molecule has 2 aromatic heterocycles. The molecule has 24 heavy (non-hydrogen) atoms. The van der Waals surface area contributed by atoms with E-state index in [1.54, 1.807) is 6.20 Å². The molecule has 0 atom stereocenters. The number of hydrogen-bond donors (Lipinski definition) is 2. The second-order valence-electron chi connectivity index (χ2n) is 5.66. The van der Waals surface area contributed by atoms with Gasteiger partial charge in [0, 0.05) is 30.2 Å². The number of rotatable bonds is 6. The summed E-state index contributed by atoms with van der Waals surface area (Å²) in [7, 11) is 0. The quantitative estimate of drug-likeness (QED) is 0.729. The maximum atomic E-state index is 12.3. The third-order valence-corrected chi connectivity index (χ3v) is 4.17. The third-order valence-electron chi connectivity index (χ3n) is 4.17. The van der Waals surface area contributed by atoms with Crippen LogP contribution in [0, 0.1) is 0 Å². The van der Waals surface area contributed by atoms with Crippen molar-refractivity contribution in [1.29, 1.82) is 0 Å². The van der Waals surface area contributed by atoms with Crippen molar-refractivity contribution in [3.8, 4) is 0 Å². The molecule has 2 heterocycles. The second-order valence-corrected chi connectivity index (χ2v) is 5.66. The minimum Gasteiger partial charge on any atom is -0.371 e. The summed E-state index contributed by atoms with van der Waals surface area (Å²) < 4.78 is 0. The molecule has 0 saturated carbocycles. The van der Waals surface area contributed by atoms with Crippen molar-refractivity contribution < 1.29 is 4.79 Å². The minimum atomic E-state index is -0.0668. The first-order chi connectivity index (χ1) is 11.7. The summed E-state index contributed by atoms with van der Waals surface area (Å²) in [5.74, 6) is 0.513. The lowest BCUT2D eigenvalue weighted by Gasteiger charge is -2.20. The molecule has 0 aliphatic rings. The molecule has 0 bridgehead atoms. The van der Waals surface area contributed by atoms with E-state index in [2.05, 4.69) is 34.0 Å². The van der Waals surface area contributed by atoms with Crippen molar-refractivity contribution in [3.05, 3.63) is 54.4 Å². The van der Waals surface area contributed by atoms with Gasteiger partial charge in [0.25, 0.3) is 0 Å². The van der Waals surface area contributed by atoms with E-state index in [9.17, 15) is 4.79 Å². The maximum Gasteiger partial charge on any atom is 0.230 e. The first kappa shape index (κ1) is 16.1. The van der Waals surface area contributed by atoms with Gasteiger partial charge in [-0.15, -0.1) is 0 Å². The van der Waals surface area contributed by atoms with Gasteiger partial charge in [0.2, 0.25) is 5.91 Å². The number of nitrogens with zero attached hydrogens (tertiary/aromatic N) is 2. The van der Waals surface area contributed by atoms with Crippen LogP contribution in [-0.2, 0) is 11.2 Å². The second kappa shape index (κ2) is 7.17. The number of carbonyl (C=O) groups is 1. The van der Waals surface area contributed by atoms with Crippen LogP contribution >= 0.6 is 0 Å². The van der Waals surface area contributed by atoms with Crippen LogP contribution in [0.2, 0.25) is 0 Å². The molecule has 1 amide bonds. The highest BCUT2D eigenvalue weighted by molar-refractivity contribution is 5.95. The lowest BCUT2D eigenvalue weighted by molar-refractivity contribution is -0.115. The van der Waals surface area contributed by atoms with E-state index in [-0.39, 0.29) is 5.91 Å². The summed E-state index contributed by atoms with van der Waals surface area (Å²) >= 11 is 0.